The summed E-state index contributed by atoms with van der Waals surface area (Å²) < 4.78 is 6.38. The molecule has 0 N–H and O–H groups in total. The molecule has 3 heteroatoms. The van der Waals surface area contributed by atoms with E-state index in [0.29, 0.717) is 12.5 Å². The van der Waals surface area contributed by atoms with E-state index in [1.54, 1.807) is 6.20 Å². The largest absolute Gasteiger partial charge is 0.477 e. The Hall–Kier alpha value is -0.830. The molecule has 0 aliphatic heterocycles. The van der Waals surface area contributed by atoms with Crippen LogP contribution in [0.2, 0.25) is 0 Å². The molecule has 0 spiro atoms. The Balaban J connectivity index is 2.57. The van der Waals surface area contributed by atoms with Crippen molar-refractivity contribution in [3.05, 3.63) is 35.0 Å². The van der Waals surface area contributed by atoms with Crippen LogP contribution in [0.3, 0.4) is 0 Å². The molecule has 0 atom stereocenters. The highest BCUT2D eigenvalue weighted by Crippen LogP contribution is 2.18. The predicted molar refractivity (Wildman–Crippen MR) is 57.0 cm³/mol. The molecule has 1 rings (SSSR count). The summed E-state index contributed by atoms with van der Waals surface area (Å²) in [7, 11) is 0. The van der Waals surface area contributed by atoms with Gasteiger partial charge in [0, 0.05) is 16.7 Å². The first-order valence-corrected chi connectivity index (χ1v) is 4.89. The zero-order chi connectivity index (χ0) is 9.68. The summed E-state index contributed by atoms with van der Waals surface area (Å²) in [6.45, 7) is 6.26. The van der Waals surface area contributed by atoms with Gasteiger partial charge in [0.15, 0.2) is 0 Å². The minimum atomic E-state index is 0.636. The predicted octanol–water partition coefficient (Wildman–Crippen LogP) is 3.11. The van der Waals surface area contributed by atoms with E-state index in [9.17, 15) is 0 Å². The maximum atomic E-state index is 5.38. The Morgan fingerprint density at radius 2 is 2.46 bits per heavy atom. The normalized spacial score (nSPS) is 9.69. The topological polar surface area (TPSA) is 22.1 Å². The number of ether oxygens (including phenoxy) is 1. The van der Waals surface area contributed by atoms with E-state index in [-0.39, 0.29) is 0 Å². The second-order valence-electron chi connectivity index (χ2n) is 2.70. The Kier molecular flexibility index (Phi) is 3.96. The smallest absolute Gasteiger partial charge is 0.213 e. The SMILES string of the molecule is C=CCCOc1cc(C)c(Br)cn1. The van der Waals surface area contributed by atoms with Crippen LogP contribution < -0.4 is 4.74 Å². The van der Waals surface area contributed by atoms with Gasteiger partial charge >= 0.3 is 0 Å². The average molecular weight is 242 g/mol. The van der Waals surface area contributed by atoms with Gasteiger partial charge in [0.05, 0.1) is 6.61 Å². The Labute approximate surface area is 86.8 Å². The first kappa shape index (κ1) is 10.3. The Morgan fingerprint density at radius 3 is 3.08 bits per heavy atom. The van der Waals surface area contributed by atoms with Crippen molar-refractivity contribution >= 4 is 15.9 Å². The van der Waals surface area contributed by atoms with E-state index in [0.717, 1.165) is 16.5 Å². The van der Waals surface area contributed by atoms with Gasteiger partial charge in [0.1, 0.15) is 0 Å². The van der Waals surface area contributed by atoms with Crippen LogP contribution in [0.25, 0.3) is 0 Å². The molecule has 0 aliphatic rings. The lowest BCUT2D eigenvalue weighted by atomic mass is 10.3. The quantitative estimate of drug-likeness (QED) is 0.597. The average Bonchev–Trinajstić information content (AvgIpc) is 2.12. The third kappa shape index (κ3) is 3.19. The van der Waals surface area contributed by atoms with Gasteiger partial charge in [0.25, 0.3) is 0 Å². The minimum absolute atomic E-state index is 0.636. The molecule has 0 saturated carbocycles. The highest BCUT2D eigenvalue weighted by Gasteiger charge is 1.98. The van der Waals surface area contributed by atoms with Gasteiger partial charge in [-0.25, -0.2) is 4.98 Å². The molecule has 70 valence electrons. The maximum absolute atomic E-state index is 5.38. The lowest BCUT2D eigenvalue weighted by molar-refractivity contribution is 0.312. The number of pyridine rings is 1. The van der Waals surface area contributed by atoms with Crippen molar-refractivity contribution in [2.24, 2.45) is 0 Å². The third-order valence-electron chi connectivity index (χ3n) is 1.59. The van der Waals surface area contributed by atoms with E-state index >= 15 is 0 Å². The lowest BCUT2D eigenvalue weighted by Crippen LogP contribution is -1.97. The molecule has 0 aromatic carbocycles. The van der Waals surface area contributed by atoms with Gasteiger partial charge in [-0.15, -0.1) is 6.58 Å². The third-order valence-corrected chi connectivity index (χ3v) is 2.42. The monoisotopic (exact) mass is 241 g/mol. The fourth-order valence-corrected chi connectivity index (χ4v) is 1.06. The van der Waals surface area contributed by atoms with Crippen LogP contribution in [-0.2, 0) is 0 Å². The maximum Gasteiger partial charge on any atom is 0.213 e. The second-order valence-corrected chi connectivity index (χ2v) is 3.55. The van der Waals surface area contributed by atoms with Crippen molar-refractivity contribution in [2.75, 3.05) is 6.61 Å². The van der Waals surface area contributed by atoms with E-state index in [1.165, 1.54) is 0 Å². The summed E-state index contributed by atoms with van der Waals surface area (Å²) in [6.07, 6.45) is 4.42. The van der Waals surface area contributed by atoms with E-state index < -0.39 is 0 Å². The van der Waals surface area contributed by atoms with Gasteiger partial charge in [-0.1, -0.05) is 6.08 Å². The van der Waals surface area contributed by atoms with Gasteiger partial charge < -0.3 is 4.74 Å². The van der Waals surface area contributed by atoms with Gasteiger partial charge in [-0.2, -0.15) is 0 Å². The first-order chi connectivity index (χ1) is 6.24. The Morgan fingerprint density at radius 1 is 1.69 bits per heavy atom. The molecule has 1 aromatic rings. The lowest BCUT2D eigenvalue weighted by Gasteiger charge is -2.04. The first-order valence-electron chi connectivity index (χ1n) is 4.10. The summed E-state index contributed by atoms with van der Waals surface area (Å²) in [5, 5.41) is 0. The summed E-state index contributed by atoms with van der Waals surface area (Å²) in [4.78, 5) is 4.11. The van der Waals surface area contributed by atoms with E-state index in [2.05, 4.69) is 27.5 Å². The molecule has 13 heavy (non-hydrogen) atoms. The van der Waals surface area contributed by atoms with Crippen LogP contribution in [0.1, 0.15) is 12.0 Å². The van der Waals surface area contributed by atoms with Crippen molar-refractivity contribution in [1.29, 1.82) is 0 Å². The van der Waals surface area contributed by atoms with Crippen molar-refractivity contribution in [2.45, 2.75) is 13.3 Å². The van der Waals surface area contributed by atoms with Crippen LogP contribution >= 0.6 is 15.9 Å². The molecule has 0 amide bonds. The summed E-state index contributed by atoms with van der Waals surface area (Å²) in [5.74, 6) is 0.669. The summed E-state index contributed by atoms with van der Waals surface area (Å²) >= 11 is 3.38. The van der Waals surface area contributed by atoms with Crippen LogP contribution in [0.5, 0.6) is 5.88 Å². The molecule has 0 unspecified atom stereocenters. The van der Waals surface area contributed by atoms with Crippen LogP contribution in [0.15, 0.2) is 29.4 Å². The number of aromatic nitrogens is 1. The standard InChI is InChI=1S/C10H12BrNO/c1-3-4-5-13-10-6-8(2)9(11)7-12-10/h3,6-7H,1,4-5H2,2H3. The minimum Gasteiger partial charge on any atom is -0.477 e. The van der Waals surface area contributed by atoms with E-state index in [4.69, 9.17) is 4.74 Å². The number of nitrogens with zero attached hydrogens (tertiary/aromatic N) is 1. The zero-order valence-electron chi connectivity index (χ0n) is 7.59. The number of hydrogen-bond acceptors (Lipinski definition) is 2. The zero-order valence-corrected chi connectivity index (χ0v) is 9.17. The van der Waals surface area contributed by atoms with E-state index in [1.807, 2.05) is 19.1 Å². The molecule has 0 fully saturated rings. The van der Waals surface area contributed by atoms with Crippen LogP contribution in [-0.4, -0.2) is 11.6 Å². The molecule has 1 aromatic heterocycles. The van der Waals surface area contributed by atoms with Crippen molar-refractivity contribution < 1.29 is 4.74 Å². The molecular weight excluding hydrogens is 230 g/mol. The van der Waals surface area contributed by atoms with Gasteiger partial charge in [-0.05, 0) is 34.8 Å². The molecule has 2 nitrogen and oxygen atoms in total. The van der Waals surface area contributed by atoms with Crippen LogP contribution in [0.4, 0.5) is 0 Å². The molecule has 0 aliphatic carbocycles. The van der Waals surface area contributed by atoms with Crippen molar-refractivity contribution in [1.82, 2.24) is 4.98 Å². The Bertz CT molecular complexity index is 299. The molecule has 0 saturated heterocycles. The highest BCUT2D eigenvalue weighted by atomic mass is 79.9. The molecule has 1 heterocycles. The van der Waals surface area contributed by atoms with Crippen molar-refractivity contribution in [3.8, 4) is 5.88 Å². The molecule has 0 bridgehead atoms. The second kappa shape index (κ2) is 5.02. The highest BCUT2D eigenvalue weighted by molar-refractivity contribution is 9.10. The molecule has 0 radical (unpaired) electrons. The summed E-state index contributed by atoms with van der Waals surface area (Å²) in [5.41, 5.74) is 1.13. The number of halogens is 1. The number of hydrogen-bond donors (Lipinski definition) is 0. The van der Waals surface area contributed by atoms with Gasteiger partial charge in [-0.3, -0.25) is 0 Å². The number of rotatable bonds is 4. The number of aryl methyl sites for hydroxylation is 1. The fourth-order valence-electron chi connectivity index (χ4n) is 0.839. The van der Waals surface area contributed by atoms with Crippen molar-refractivity contribution in [3.63, 3.8) is 0 Å². The summed E-state index contributed by atoms with van der Waals surface area (Å²) in [6, 6.07) is 1.91. The fraction of sp³-hybridized carbons (Fsp3) is 0.300. The van der Waals surface area contributed by atoms with Crippen LogP contribution in [0, 0.1) is 6.92 Å². The molecular formula is C10H12BrNO. The van der Waals surface area contributed by atoms with Gasteiger partial charge in [0.2, 0.25) is 5.88 Å².